The van der Waals surface area contributed by atoms with E-state index in [1.165, 1.54) is 18.0 Å². The third kappa shape index (κ3) is 4.14. The summed E-state index contributed by atoms with van der Waals surface area (Å²) >= 11 is 0. The first-order chi connectivity index (χ1) is 13.2. The number of rotatable bonds is 5. The molecule has 0 bridgehead atoms. The fraction of sp³-hybridized carbons (Fsp3) is 0.235. The van der Waals surface area contributed by atoms with E-state index in [2.05, 4.69) is 24.9 Å². The second kappa shape index (κ2) is 7.35. The van der Waals surface area contributed by atoms with Crippen molar-refractivity contribution >= 4 is 38.9 Å². The normalized spacial score (nSPS) is 11.3. The van der Waals surface area contributed by atoms with E-state index in [1.807, 2.05) is 0 Å². The number of aromatic nitrogens is 3. The third-order valence-corrected chi connectivity index (χ3v) is 4.53. The van der Waals surface area contributed by atoms with E-state index in [0.29, 0.717) is 34.0 Å². The Hall–Kier alpha value is -3.34. The predicted octanol–water partition coefficient (Wildman–Crippen LogP) is 2.61. The van der Waals surface area contributed by atoms with Crippen LogP contribution >= 0.6 is 0 Å². The highest BCUT2D eigenvalue weighted by atomic mass is 32.2. The Morgan fingerprint density at radius 3 is 2.68 bits per heavy atom. The van der Waals surface area contributed by atoms with Crippen LogP contribution in [0.5, 0.6) is 5.75 Å². The summed E-state index contributed by atoms with van der Waals surface area (Å²) in [5.74, 6) is 0.750. The fourth-order valence-corrected chi connectivity index (χ4v) is 3.23. The molecule has 0 atom stereocenters. The van der Waals surface area contributed by atoms with Gasteiger partial charge in [-0.2, -0.15) is 5.10 Å². The number of carbonyl (C=O) groups excluding carboxylic acids is 1. The van der Waals surface area contributed by atoms with E-state index in [0.717, 1.165) is 11.8 Å². The monoisotopic (exact) mass is 405 g/mol. The number of anilines is 3. The number of ether oxygens (including phenoxy) is 2. The first kappa shape index (κ1) is 19.4. The standard InChI is InChI=1S/C17H19N5O5S/c1-10-5-6-12(7-13(10)21-28(4,24)25)20-16-15-11(2)14(27-17(23)26-3)8-22(15)19-9-18-16/h5-9,21H,1-4H3,(H,18,19,20). The molecule has 0 radical (unpaired) electrons. The summed E-state index contributed by atoms with van der Waals surface area (Å²) in [6.07, 6.45) is 3.14. The highest BCUT2D eigenvalue weighted by Gasteiger charge is 2.17. The molecule has 0 spiro atoms. The van der Waals surface area contributed by atoms with Crippen molar-refractivity contribution in [3.63, 3.8) is 0 Å². The van der Waals surface area contributed by atoms with Crippen molar-refractivity contribution in [2.24, 2.45) is 0 Å². The Labute approximate surface area is 161 Å². The molecule has 2 N–H and O–H groups in total. The number of nitrogens with one attached hydrogen (secondary N) is 2. The topological polar surface area (TPSA) is 124 Å². The van der Waals surface area contributed by atoms with Crippen LogP contribution in [0.25, 0.3) is 5.52 Å². The van der Waals surface area contributed by atoms with Crippen LogP contribution in [-0.2, 0) is 14.8 Å². The number of benzene rings is 1. The molecule has 10 nitrogen and oxygen atoms in total. The fourth-order valence-electron chi connectivity index (χ4n) is 2.61. The second-order valence-electron chi connectivity index (χ2n) is 6.11. The van der Waals surface area contributed by atoms with Gasteiger partial charge < -0.3 is 14.8 Å². The van der Waals surface area contributed by atoms with Gasteiger partial charge in [-0.15, -0.1) is 0 Å². The van der Waals surface area contributed by atoms with Crippen LogP contribution in [0.15, 0.2) is 30.7 Å². The molecule has 0 aliphatic rings. The second-order valence-corrected chi connectivity index (χ2v) is 7.85. The summed E-state index contributed by atoms with van der Waals surface area (Å²) < 4.78 is 36.7. The Morgan fingerprint density at radius 2 is 2.00 bits per heavy atom. The summed E-state index contributed by atoms with van der Waals surface area (Å²) in [5.41, 5.74) is 3.08. The highest BCUT2D eigenvalue weighted by Crippen LogP contribution is 2.31. The van der Waals surface area contributed by atoms with Crippen LogP contribution in [0.2, 0.25) is 0 Å². The molecular formula is C17H19N5O5S. The van der Waals surface area contributed by atoms with E-state index >= 15 is 0 Å². The van der Waals surface area contributed by atoms with Crippen molar-refractivity contribution in [1.82, 2.24) is 14.6 Å². The summed E-state index contributed by atoms with van der Waals surface area (Å²) in [4.78, 5) is 15.7. The number of hydrogen-bond donors (Lipinski definition) is 2. The van der Waals surface area contributed by atoms with E-state index in [1.54, 1.807) is 38.2 Å². The molecule has 0 aliphatic carbocycles. The van der Waals surface area contributed by atoms with Crippen molar-refractivity contribution in [3.8, 4) is 5.75 Å². The number of sulfonamides is 1. The molecule has 28 heavy (non-hydrogen) atoms. The van der Waals surface area contributed by atoms with Gasteiger partial charge in [0.2, 0.25) is 10.0 Å². The summed E-state index contributed by atoms with van der Waals surface area (Å²) in [7, 11) is -2.19. The van der Waals surface area contributed by atoms with Crippen LogP contribution in [-0.4, -0.2) is 42.5 Å². The van der Waals surface area contributed by atoms with Gasteiger partial charge in [-0.1, -0.05) is 6.07 Å². The summed E-state index contributed by atoms with van der Waals surface area (Å²) in [5, 5.41) is 7.26. The zero-order valence-corrected chi connectivity index (χ0v) is 16.5. The molecule has 0 aliphatic heterocycles. The van der Waals surface area contributed by atoms with E-state index in [9.17, 15) is 13.2 Å². The average molecular weight is 405 g/mol. The lowest BCUT2D eigenvalue weighted by Crippen LogP contribution is -2.11. The van der Waals surface area contributed by atoms with Gasteiger partial charge in [0.05, 0.1) is 25.2 Å². The molecule has 2 aromatic heterocycles. The zero-order valence-electron chi connectivity index (χ0n) is 15.7. The molecular weight excluding hydrogens is 386 g/mol. The van der Waals surface area contributed by atoms with Gasteiger partial charge in [0.1, 0.15) is 11.8 Å². The van der Waals surface area contributed by atoms with Crippen molar-refractivity contribution in [2.75, 3.05) is 23.4 Å². The lowest BCUT2D eigenvalue weighted by molar-refractivity contribution is 0.121. The zero-order chi connectivity index (χ0) is 20.5. The highest BCUT2D eigenvalue weighted by molar-refractivity contribution is 7.92. The number of methoxy groups -OCH3 is 1. The summed E-state index contributed by atoms with van der Waals surface area (Å²) in [6.45, 7) is 3.56. The molecule has 0 saturated carbocycles. The van der Waals surface area contributed by atoms with Crippen molar-refractivity contribution in [1.29, 1.82) is 0 Å². The smallest absolute Gasteiger partial charge is 0.437 e. The van der Waals surface area contributed by atoms with Gasteiger partial charge in [-0.3, -0.25) is 4.72 Å². The quantitative estimate of drug-likeness (QED) is 0.621. The van der Waals surface area contributed by atoms with Crippen molar-refractivity contribution in [2.45, 2.75) is 13.8 Å². The van der Waals surface area contributed by atoms with Gasteiger partial charge in [-0.05, 0) is 31.5 Å². The minimum absolute atomic E-state index is 0.290. The molecule has 1 aromatic carbocycles. The minimum atomic E-state index is -3.41. The van der Waals surface area contributed by atoms with E-state index in [4.69, 9.17) is 4.74 Å². The Balaban J connectivity index is 1.99. The average Bonchev–Trinajstić information content (AvgIpc) is 2.93. The first-order valence-corrected chi connectivity index (χ1v) is 10.0. The first-order valence-electron chi connectivity index (χ1n) is 8.12. The minimum Gasteiger partial charge on any atom is -0.437 e. The molecule has 148 valence electrons. The van der Waals surface area contributed by atoms with E-state index < -0.39 is 16.2 Å². The van der Waals surface area contributed by atoms with E-state index in [-0.39, 0.29) is 0 Å². The maximum atomic E-state index is 11.6. The number of aryl methyl sites for hydroxylation is 2. The number of fused-ring (bicyclic) bond motifs is 1. The number of carbonyl (C=O) groups is 1. The largest absolute Gasteiger partial charge is 0.513 e. The molecule has 3 rings (SSSR count). The maximum absolute atomic E-state index is 11.6. The van der Waals surface area contributed by atoms with Gasteiger partial charge in [-0.25, -0.2) is 22.7 Å². The van der Waals surface area contributed by atoms with Gasteiger partial charge in [0.15, 0.2) is 11.6 Å². The molecule has 0 amide bonds. The van der Waals surface area contributed by atoms with Gasteiger partial charge >= 0.3 is 6.16 Å². The molecule has 0 unspecified atom stereocenters. The third-order valence-electron chi connectivity index (χ3n) is 3.94. The number of nitrogens with zero attached hydrogens (tertiary/aromatic N) is 3. The predicted molar refractivity (Wildman–Crippen MR) is 104 cm³/mol. The molecule has 3 aromatic rings. The van der Waals surface area contributed by atoms with Crippen LogP contribution in [0.3, 0.4) is 0 Å². The maximum Gasteiger partial charge on any atom is 0.513 e. The van der Waals surface area contributed by atoms with Crippen LogP contribution < -0.4 is 14.8 Å². The van der Waals surface area contributed by atoms with Crippen LogP contribution in [0.1, 0.15) is 11.1 Å². The molecule has 0 fully saturated rings. The van der Waals surface area contributed by atoms with Crippen molar-refractivity contribution < 1.29 is 22.7 Å². The Morgan fingerprint density at radius 1 is 1.25 bits per heavy atom. The number of hydrogen-bond acceptors (Lipinski definition) is 8. The molecule has 2 heterocycles. The lowest BCUT2D eigenvalue weighted by atomic mass is 10.2. The lowest BCUT2D eigenvalue weighted by Gasteiger charge is -2.12. The van der Waals surface area contributed by atoms with Gasteiger partial charge in [0, 0.05) is 11.3 Å². The molecule has 11 heteroatoms. The van der Waals surface area contributed by atoms with Gasteiger partial charge in [0.25, 0.3) is 0 Å². The van der Waals surface area contributed by atoms with Crippen LogP contribution in [0, 0.1) is 13.8 Å². The summed E-state index contributed by atoms with van der Waals surface area (Å²) in [6, 6.07) is 5.25. The van der Waals surface area contributed by atoms with Crippen LogP contribution in [0.4, 0.5) is 22.0 Å². The SMILES string of the molecule is COC(=O)Oc1cn2ncnc(Nc3ccc(C)c(NS(C)(=O)=O)c3)c2c1C. The molecule has 0 saturated heterocycles. The van der Waals surface area contributed by atoms with Crippen molar-refractivity contribution in [3.05, 3.63) is 41.9 Å². The Kier molecular flexibility index (Phi) is 5.10. The Bertz CT molecular complexity index is 1160.